The van der Waals surface area contributed by atoms with Gasteiger partial charge in [0.2, 0.25) is 0 Å². The summed E-state index contributed by atoms with van der Waals surface area (Å²) in [6.07, 6.45) is 2.67. The SMILES string of the molecule is CN1CCC(Oc2ccccc2C=CC(=O)O)C1=O. The van der Waals surface area contributed by atoms with Crippen LogP contribution < -0.4 is 4.74 Å². The number of hydrogen-bond donors (Lipinski definition) is 1. The molecule has 1 aliphatic heterocycles. The third-order valence-electron chi connectivity index (χ3n) is 2.97. The minimum Gasteiger partial charge on any atom is -0.480 e. The summed E-state index contributed by atoms with van der Waals surface area (Å²) in [4.78, 5) is 23.9. The average Bonchev–Trinajstić information content (AvgIpc) is 2.70. The molecule has 19 heavy (non-hydrogen) atoms. The molecular formula is C14H15NO4. The maximum absolute atomic E-state index is 11.8. The topological polar surface area (TPSA) is 66.8 Å². The smallest absolute Gasteiger partial charge is 0.328 e. The first kappa shape index (κ1) is 13.1. The molecule has 0 aromatic heterocycles. The van der Waals surface area contributed by atoms with E-state index < -0.39 is 12.1 Å². The molecule has 1 atom stereocenters. The van der Waals surface area contributed by atoms with Crippen molar-refractivity contribution in [3.63, 3.8) is 0 Å². The second-order valence-electron chi connectivity index (χ2n) is 4.36. The van der Waals surface area contributed by atoms with Gasteiger partial charge in [0.15, 0.2) is 6.10 Å². The third-order valence-corrected chi connectivity index (χ3v) is 2.97. The molecular weight excluding hydrogens is 246 g/mol. The molecule has 1 heterocycles. The average molecular weight is 261 g/mol. The molecule has 1 aromatic carbocycles. The number of rotatable bonds is 4. The standard InChI is InChI=1S/C14H15NO4/c1-15-9-8-12(14(15)18)19-11-5-3-2-4-10(11)6-7-13(16)17/h2-7,12H,8-9H2,1H3,(H,16,17). The molecule has 2 rings (SSSR count). The molecule has 0 spiro atoms. The number of ether oxygens (including phenoxy) is 1. The number of hydrogen-bond acceptors (Lipinski definition) is 3. The Morgan fingerprint density at radius 2 is 2.21 bits per heavy atom. The Morgan fingerprint density at radius 1 is 1.47 bits per heavy atom. The number of aliphatic carboxylic acids is 1. The van der Waals surface area contributed by atoms with Crippen molar-refractivity contribution in [2.45, 2.75) is 12.5 Å². The highest BCUT2D eigenvalue weighted by atomic mass is 16.5. The van der Waals surface area contributed by atoms with Crippen LogP contribution in [0.4, 0.5) is 0 Å². The van der Waals surface area contributed by atoms with E-state index in [9.17, 15) is 9.59 Å². The number of likely N-dealkylation sites (N-methyl/N-ethyl adjacent to an activating group) is 1. The molecule has 1 saturated heterocycles. The van der Waals surface area contributed by atoms with Crippen LogP contribution in [0, 0.1) is 0 Å². The van der Waals surface area contributed by atoms with E-state index in [0.717, 1.165) is 6.08 Å². The van der Waals surface area contributed by atoms with Gasteiger partial charge in [-0.15, -0.1) is 0 Å². The number of para-hydroxylation sites is 1. The van der Waals surface area contributed by atoms with E-state index in [-0.39, 0.29) is 5.91 Å². The number of likely N-dealkylation sites (tertiary alicyclic amines) is 1. The number of nitrogens with zero attached hydrogens (tertiary/aromatic N) is 1. The molecule has 0 aliphatic carbocycles. The molecule has 0 bridgehead atoms. The summed E-state index contributed by atoms with van der Waals surface area (Å²) >= 11 is 0. The van der Waals surface area contributed by atoms with Gasteiger partial charge in [-0.1, -0.05) is 18.2 Å². The van der Waals surface area contributed by atoms with Crippen LogP contribution >= 0.6 is 0 Å². The van der Waals surface area contributed by atoms with Crippen LogP contribution in [0.3, 0.4) is 0 Å². The van der Waals surface area contributed by atoms with Crippen LogP contribution in [-0.4, -0.2) is 41.6 Å². The molecule has 1 aliphatic rings. The largest absolute Gasteiger partial charge is 0.480 e. The molecule has 0 radical (unpaired) electrons. The Labute approximate surface area is 111 Å². The van der Waals surface area contributed by atoms with Crippen molar-refractivity contribution in [3.8, 4) is 5.75 Å². The lowest BCUT2D eigenvalue weighted by atomic mass is 10.2. The lowest BCUT2D eigenvalue weighted by Gasteiger charge is -2.14. The van der Waals surface area contributed by atoms with Crippen LogP contribution in [-0.2, 0) is 9.59 Å². The zero-order valence-electron chi connectivity index (χ0n) is 10.6. The Balaban J connectivity index is 2.16. The normalized spacial score (nSPS) is 19.1. The summed E-state index contributed by atoms with van der Waals surface area (Å²) < 4.78 is 5.69. The predicted octanol–water partition coefficient (Wildman–Crippen LogP) is 1.39. The van der Waals surface area contributed by atoms with Crippen molar-refractivity contribution >= 4 is 18.0 Å². The van der Waals surface area contributed by atoms with Gasteiger partial charge in [0.25, 0.3) is 5.91 Å². The van der Waals surface area contributed by atoms with Crippen molar-refractivity contribution < 1.29 is 19.4 Å². The lowest BCUT2D eigenvalue weighted by molar-refractivity contribution is -0.132. The summed E-state index contributed by atoms with van der Waals surface area (Å²) in [6, 6.07) is 7.05. The number of carbonyl (C=O) groups excluding carboxylic acids is 1. The summed E-state index contributed by atoms with van der Waals surface area (Å²) in [7, 11) is 1.74. The Hall–Kier alpha value is -2.30. The van der Waals surface area contributed by atoms with Gasteiger partial charge in [-0.2, -0.15) is 0 Å². The van der Waals surface area contributed by atoms with Crippen molar-refractivity contribution in [2.75, 3.05) is 13.6 Å². The number of carboxylic acids is 1. The van der Waals surface area contributed by atoms with Gasteiger partial charge < -0.3 is 14.7 Å². The van der Waals surface area contributed by atoms with Crippen molar-refractivity contribution in [2.24, 2.45) is 0 Å². The maximum Gasteiger partial charge on any atom is 0.328 e. The second kappa shape index (κ2) is 5.56. The fraction of sp³-hybridized carbons (Fsp3) is 0.286. The van der Waals surface area contributed by atoms with Gasteiger partial charge in [-0.05, 0) is 12.1 Å². The number of benzene rings is 1. The van der Waals surface area contributed by atoms with Gasteiger partial charge in [-0.25, -0.2) is 4.79 Å². The molecule has 1 aromatic rings. The summed E-state index contributed by atoms with van der Waals surface area (Å²) in [5.74, 6) is -0.544. The van der Waals surface area contributed by atoms with Crippen molar-refractivity contribution in [1.82, 2.24) is 4.90 Å². The molecule has 1 N–H and O–H groups in total. The van der Waals surface area contributed by atoms with Crippen LogP contribution in [0.15, 0.2) is 30.3 Å². The number of carbonyl (C=O) groups is 2. The minimum atomic E-state index is -1.02. The summed E-state index contributed by atoms with van der Waals surface area (Å²) in [5.41, 5.74) is 0.646. The molecule has 5 nitrogen and oxygen atoms in total. The highest BCUT2D eigenvalue weighted by molar-refractivity contribution is 5.86. The molecule has 1 unspecified atom stereocenters. The monoisotopic (exact) mass is 261 g/mol. The van der Waals surface area contributed by atoms with Crippen molar-refractivity contribution in [3.05, 3.63) is 35.9 Å². The molecule has 5 heteroatoms. The van der Waals surface area contributed by atoms with E-state index >= 15 is 0 Å². The number of carboxylic acid groups (broad SMARTS) is 1. The zero-order valence-corrected chi connectivity index (χ0v) is 10.6. The molecule has 1 fully saturated rings. The van der Waals surface area contributed by atoms with E-state index in [2.05, 4.69) is 0 Å². The summed E-state index contributed by atoms with van der Waals surface area (Å²) in [5, 5.41) is 8.64. The Morgan fingerprint density at radius 3 is 2.84 bits per heavy atom. The van der Waals surface area contributed by atoms with E-state index in [1.165, 1.54) is 6.08 Å². The number of amides is 1. The van der Waals surface area contributed by atoms with Gasteiger partial charge >= 0.3 is 5.97 Å². The van der Waals surface area contributed by atoms with Gasteiger partial charge in [0.05, 0.1) is 0 Å². The van der Waals surface area contributed by atoms with Crippen LogP contribution in [0.5, 0.6) is 5.75 Å². The van der Waals surface area contributed by atoms with E-state index in [0.29, 0.717) is 24.3 Å². The van der Waals surface area contributed by atoms with Crippen LogP contribution in [0.1, 0.15) is 12.0 Å². The molecule has 100 valence electrons. The van der Waals surface area contributed by atoms with E-state index in [1.807, 2.05) is 0 Å². The molecule has 1 amide bonds. The quantitative estimate of drug-likeness (QED) is 0.832. The summed E-state index contributed by atoms with van der Waals surface area (Å²) in [6.45, 7) is 0.677. The van der Waals surface area contributed by atoms with E-state index in [4.69, 9.17) is 9.84 Å². The second-order valence-corrected chi connectivity index (χ2v) is 4.36. The van der Waals surface area contributed by atoms with Crippen LogP contribution in [0.2, 0.25) is 0 Å². The van der Waals surface area contributed by atoms with Crippen molar-refractivity contribution in [1.29, 1.82) is 0 Å². The van der Waals surface area contributed by atoms with Gasteiger partial charge in [0.1, 0.15) is 5.75 Å². The third kappa shape index (κ3) is 3.13. The Bertz CT molecular complexity index is 524. The highest BCUT2D eigenvalue weighted by Gasteiger charge is 2.31. The first-order chi connectivity index (χ1) is 9.08. The first-order valence-electron chi connectivity index (χ1n) is 5.99. The minimum absolute atomic E-state index is 0.0444. The predicted molar refractivity (Wildman–Crippen MR) is 69.8 cm³/mol. The maximum atomic E-state index is 11.8. The highest BCUT2D eigenvalue weighted by Crippen LogP contribution is 2.23. The fourth-order valence-electron chi connectivity index (χ4n) is 1.94. The van der Waals surface area contributed by atoms with E-state index in [1.54, 1.807) is 36.2 Å². The lowest BCUT2D eigenvalue weighted by Crippen LogP contribution is -2.29. The van der Waals surface area contributed by atoms with Gasteiger partial charge in [-0.3, -0.25) is 4.79 Å². The zero-order chi connectivity index (χ0) is 13.8. The van der Waals surface area contributed by atoms with Gasteiger partial charge in [0, 0.05) is 31.7 Å². The Kier molecular flexibility index (Phi) is 3.85. The first-order valence-corrected chi connectivity index (χ1v) is 5.99. The fourth-order valence-corrected chi connectivity index (χ4v) is 1.94. The van der Waals surface area contributed by atoms with Crippen LogP contribution in [0.25, 0.3) is 6.08 Å². The molecule has 0 saturated carbocycles.